The molecule has 0 saturated carbocycles. The number of fused-ring (bicyclic) bond motifs is 1. The lowest BCUT2D eigenvalue weighted by Gasteiger charge is -2.19. The van der Waals surface area contributed by atoms with Gasteiger partial charge >= 0.3 is 0 Å². The van der Waals surface area contributed by atoms with Crippen molar-refractivity contribution < 1.29 is 4.79 Å². The first kappa shape index (κ1) is 18.8. The molecule has 0 unspecified atom stereocenters. The molecule has 4 nitrogen and oxygen atoms in total. The van der Waals surface area contributed by atoms with E-state index in [2.05, 4.69) is 25.9 Å². The van der Waals surface area contributed by atoms with Gasteiger partial charge in [0.25, 0.3) is 5.91 Å². The third-order valence-electron chi connectivity index (χ3n) is 3.75. The number of hydrogen-bond donors (Lipinski definition) is 0. The zero-order valence-corrected chi connectivity index (χ0v) is 18.3. The minimum Gasteiger partial charge on any atom is -0.278 e. The van der Waals surface area contributed by atoms with Crippen molar-refractivity contribution >= 4 is 83.1 Å². The standard InChI is InChI=1S/C18H10BrCl2N3OS2/c19-10-4-5-13-14(7-10)26-18(23-13)24(9-11-3-1-2-6-22-11)17(25)12-8-15(20)27-16(12)21/h1-8H,9H2. The number of aromatic nitrogens is 2. The van der Waals surface area contributed by atoms with Crippen LogP contribution in [-0.2, 0) is 6.54 Å². The topological polar surface area (TPSA) is 46.1 Å². The first-order valence-electron chi connectivity index (χ1n) is 7.74. The van der Waals surface area contributed by atoms with Gasteiger partial charge in [0.15, 0.2) is 5.13 Å². The summed E-state index contributed by atoms with van der Waals surface area (Å²) in [5.41, 5.74) is 1.94. The van der Waals surface area contributed by atoms with Crippen LogP contribution in [0.15, 0.2) is 53.1 Å². The third kappa shape index (κ3) is 4.02. The summed E-state index contributed by atoms with van der Waals surface area (Å²) in [5, 5.41) is 0.581. The van der Waals surface area contributed by atoms with E-state index in [-0.39, 0.29) is 12.5 Å². The molecule has 0 aliphatic carbocycles. The van der Waals surface area contributed by atoms with Crippen LogP contribution in [-0.4, -0.2) is 15.9 Å². The molecule has 0 spiro atoms. The molecular formula is C18H10BrCl2N3OS2. The lowest BCUT2D eigenvalue weighted by atomic mass is 10.2. The Morgan fingerprint density at radius 1 is 1.15 bits per heavy atom. The zero-order valence-electron chi connectivity index (χ0n) is 13.5. The van der Waals surface area contributed by atoms with Gasteiger partial charge in [-0.05, 0) is 36.4 Å². The van der Waals surface area contributed by atoms with Crippen LogP contribution in [0.4, 0.5) is 5.13 Å². The Hall–Kier alpha value is -1.51. The number of carbonyl (C=O) groups excluding carboxylic acids is 1. The first-order chi connectivity index (χ1) is 13.0. The summed E-state index contributed by atoms with van der Waals surface area (Å²) in [6.45, 7) is 0.282. The fraction of sp³-hybridized carbons (Fsp3) is 0.0556. The SMILES string of the molecule is O=C(c1cc(Cl)sc1Cl)N(Cc1ccccn1)c1nc2ccc(Br)cc2s1. The molecule has 1 amide bonds. The predicted molar refractivity (Wildman–Crippen MR) is 116 cm³/mol. The average Bonchev–Trinajstić information content (AvgIpc) is 3.22. The lowest BCUT2D eigenvalue weighted by molar-refractivity contribution is 0.0985. The van der Waals surface area contributed by atoms with Gasteiger partial charge < -0.3 is 0 Å². The quantitative estimate of drug-likeness (QED) is 0.315. The maximum atomic E-state index is 13.2. The van der Waals surface area contributed by atoms with E-state index in [4.69, 9.17) is 23.2 Å². The van der Waals surface area contributed by atoms with Gasteiger partial charge in [-0.1, -0.05) is 56.5 Å². The second-order valence-electron chi connectivity index (χ2n) is 5.56. The van der Waals surface area contributed by atoms with Crippen LogP contribution in [0.3, 0.4) is 0 Å². The molecular weight excluding hydrogens is 489 g/mol. The van der Waals surface area contributed by atoms with Gasteiger partial charge in [0.05, 0.1) is 32.4 Å². The summed E-state index contributed by atoms with van der Waals surface area (Å²) >= 11 is 18.3. The molecule has 3 heterocycles. The molecule has 0 N–H and O–H groups in total. The number of pyridine rings is 1. The van der Waals surface area contributed by atoms with Crippen molar-refractivity contribution in [3.05, 3.63) is 73.1 Å². The molecule has 0 aliphatic rings. The molecule has 4 aromatic rings. The van der Waals surface area contributed by atoms with Gasteiger partial charge in [-0.25, -0.2) is 4.98 Å². The second-order valence-corrected chi connectivity index (χ2v) is 9.77. The number of hydrogen-bond acceptors (Lipinski definition) is 5. The van der Waals surface area contributed by atoms with E-state index < -0.39 is 0 Å². The minimum absolute atomic E-state index is 0.257. The lowest BCUT2D eigenvalue weighted by Crippen LogP contribution is -2.30. The van der Waals surface area contributed by atoms with E-state index in [9.17, 15) is 4.79 Å². The molecule has 0 aliphatic heterocycles. The minimum atomic E-state index is -0.257. The Morgan fingerprint density at radius 2 is 2.00 bits per heavy atom. The molecule has 9 heteroatoms. The molecule has 3 aromatic heterocycles. The molecule has 4 rings (SSSR count). The maximum Gasteiger partial charge on any atom is 0.262 e. The van der Waals surface area contributed by atoms with Gasteiger partial charge in [0, 0.05) is 10.7 Å². The Bertz CT molecular complexity index is 1130. The van der Waals surface area contributed by atoms with Gasteiger partial charge in [0.2, 0.25) is 0 Å². The maximum absolute atomic E-state index is 13.2. The molecule has 136 valence electrons. The van der Waals surface area contributed by atoms with Gasteiger partial charge in [-0.2, -0.15) is 0 Å². The normalized spacial score (nSPS) is 11.1. The van der Waals surface area contributed by atoms with Gasteiger partial charge in [-0.3, -0.25) is 14.7 Å². The number of carbonyl (C=O) groups is 1. The van der Waals surface area contributed by atoms with Crippen molar-refractivity contribution in [2.24, 2.45) is 0 Å². The first-order valence-corrected chi connectivity index (χ1v) is 10.9. The summed E-state index contributed by atoms with van der Waals surface area (Å²) in [5.74, 6) is -0.257. The van der Waals surface area contributed by atoms with Crippen LogP contribution in [0.5, 0.6) is 0 Å². The van der Waals surface area contributed by atoms with Crippen molar-refractivity contribution in [3.63, 3.8) is 0 Å². The number of thiophene rings is 1. The highest BCUT2D eigenvalue weighted by Gasteiger charge is 2.25. The van der Waals surface area contributed by atoms with Crippen LogP contribution in [0, 0.1) is 0 Å². The van der Waals surface area contributed by atoms with Crippen molar-refractivity contribution in [1.82, 2.24) is 9.97 Å². The molecule has 0 fully saturated rings. The van der Waals surface area contributed by atoms with Crippen molar-refractivity contribution in [2.75, 3.05) is 4.90 Å². The van der Waals surface area contributed by atoms with E-state index in [1.807, 2.05) is 36.4 Å². The van der Waals surface area contributed by atoms with Crippen LogP contribution in [0.1, 0.15) is 16.1 Å². The van der Waals surface area contributed by atoms with E-state index in [1.54, 1.807) is 17.2 Å². The molecule has 27 heavy (non-hydrogen) atoms. The van der Waals surface area contributed by atoms with E-state index >= 15 is 0 Å². The summed E-state index contributed by atoms with van der Waals surface area (Å²) in [6, 6.07) is 13.0. The molecule has 0 radical (unpaired) electrons. The van der Waals surface area contributed by atoms with E-state index in [0.717, 1.165) is 20.4 Å². The summed E-state index contributed by atoms with van der Waals surface area (Å²) < 4.78 is 2.77. The Morgan fingerprint density at radius 3 is 2.70 bits per heavy atom. The number of halogens is 3. The Kier molecular flexibility index (Phi) is 5.48. The highest BCUT2D eigenvalue weighted by molar-refractivity contribution is 9.10. The highest BCUT2D eigenvalue weighted by atomic mass is 79.9. The largest absolute Gasteiger partial charge is 0.278 e. The number of rotatable bonds is 4. The Balaban J connectivity index is 1.79. The summed E-state index contributed by atoms with van der Waals surface area (Å²) in [6.07, 6.45) is 1.70. The van der Waals surface area contributed by atoms with Crippen molar-refractivity contribution in [2.45, 2.75) is 6.54 Å². The summed E-state index contributed by atoms with van der Waals surface area (Å²) in [4.78, 5) is 23.8. The van der Waals surface area contributed by atoms with E-state index in [0.29, 0.717) is 19.4 Å². The number of nitrogens with zero attached hydrogens (tertiary/aromatic N) is 3. The number of thiazole rings is 1. The Labute approximate surface area is 181 Å². The summed E-state index contributed by atoms with van der Waals surface area (Å²) in [7, 11) is 0. The molecule has 0 saturated heterocycles. The average molecular weight is 499 g/mol. The van der Waals surface area contributed by atoms with Crippen LogP contribution in [0.2, 0.25) is 8.67 Å². The smallest absolute Gasteiger partial charge is 0.262 e. The monoisotopic (exact) mass is 497 g/mol. The molecule has 1 aromatic carbocycles. The fourth-order valence-electron chi connectivity index (χ4n) is 2.51. The van der Waals surface area contributed by atoms with Crippen molar-refractivity contribution in [3.8, 4) is 0 Å². The third-order valence-corrected chi connectivity index (χ3v) is 6.77. The number of amides is 1. The van der Waals surface area contributed by atoms with E-state index in [1.165, 1.54) is 22.7 Å². The number of benzene rings is 1. The predicted octanol–water partition coefficient (Wildman–Crippen LogP) is 6.67. The van der Waals surface area contributed by atoms with Crippen LogP contribution < -0.4 is 4.90 Å². The van der Waals surface area contributed by atoms with Crippen molar-refractivity contribution in [1.29, 1.82) is 0 Å². The van der Waals surface area contributed by atoms with Gasteiger partial charge in [-0.15, -0.1) is 11.3 Å². The zero-order chi connectivity index (χ0) is 19.0. The molecule has 0 atom stereocenters. The number of anilines is 1. The fourth-order valence-corrected chi connectivity index (χ4v) is 5.48. The highest BCUT2D eigenvalue weighted by Crippen LogP contribution is 2.36. The van der Waals surface area contributed by atoms with Crippen LogP contribution >= 0.6 is 61.8 Å². The van der Waals surface area contributed by atoms with Crippen LogP contribution in [0.25, 0.3) is 10.2 Å². The second kappa shape index (κ2) is 7.85. The van der Waals surface area contributed by atoms with Gasteiger partial charge in [0.1, 0.15) is 4.34 Å². The molecule has 0 bridgehead atoms.